The van der Waals surface area contributed by atoms with Gasteiger partial charge in [0.2, 0.25) is 0 Å². The molecule has 0 radical (unpaired) electrons. The maximum absolute atomic E-state index is 4.58. The summed E-state index contributed by atoms with van der Waals surface area (Å²) >= 11 is 3.59. The van der Waals surface area contributed by atoms with Crippen molar-refractivity contribution in [1.82, 2.24) is 14.5 Å². The third-order valence-electron chi connectivity index (χ3n) is 3.38. The Labute approximate surface area is 106 Å². The molecule has 0 aliphatic carbocycles. The van der Waals surface area contributed by atoms with E-state index < -0.39 is 0 Å². The van der Waals surface area contributed by atoms with Crippen LogP contribution in [0, 0.1) is 0 Å². The summed E-state index contributed by atoms with van der Waals surface area (Å²) in [5.41, 5.74) is 0. The quantitative estimate of drug-likeness (QED) is 0.833. The maximum atomic E-state index is 4.58. The van der Waals surface area contributed by atoms with Gasteiger partial charge in [0.05, 0.1) is 6.20 Å². The molecule has 4 heteroatoms. The average molecular weight is 286 g/mol. The maximum Gasteiger partial charge on any atom is 0.112 e. The fourth-order valence-corrected chi connectivity index (χ4v) is 3.13. The predicted octanol–water partition coefficient (Wildman–Crippen LogP) is 3.04. The molecule has 0 unspecified atom stereocenters. The van der Waals surface area contributed by atoms with Crippen molar-refractivity contribution >= 4 is 15.9 Å². The zero-order chi connectivity index (χ0) is 11.7. The fraction of sp³-hybridized carbons (Fsp3) is 0.750. The van der Waals surface area contributed by atoms with Crippen molar-refractivity contribution in [3.8, 4) is 0 Å². The minimum absolute atomic E-state index is 0.478. The first-order valence-electron chi connectivity index (χ1n) is 6.00. The number of likely N-dealkylation sites (tertiary alicyclic amines) is 1. The highest BCUT2D eigenvalue weighted by Gasteiger charge is 2.24. The van der Waals surface area contributed by atoms with Crippen LogP contribution in [-0.4, -0.2) is 34.6 Å². The van der Waals surface area contributed by atoms with Crippen LogP contribution in [-0.2, 0) is 0 Å². The van der Waals surface area contributed by atoms with Crippen LogP contribution in [0.3, 0.4) is 0 Å². The van der Waals surface area contributed by atoms with E-state index in [1.165, 1.54) is 31.8 Å². The third-order valence-corrected chi connectivity index (χ3v) is 3.97. The molecule has 0 saturated carbocycles. The molecule has 1 fully saturated rings. The van der Waals surface area contributed by atoms with E-state index in [-0.39, 0.29) is 0 Å². The number of hydrogen-bond acceptors (Lipinski definition) is 2. The second-order valence-corrected chi connectivity index (χ2v) is 5.79. The van der Waals surface area contributed by atoms with Crippen molar-refractivity contribution in [2.24, 2.45) is 0 Å². The van der Waals surface area contributed by atoms with Crippen LogP contribution in [0.5, 0.6) is 0 Å². The monoisotopic (exact) mass is 285 g/mol. The fourth-order valence-electron chi connectivity index (χ4n) is 2.43. The van der Waals surface area contributed by atoms with Gasteiger partial charge in [0.25, 0.3) is 0 Å². The average Bonchev–Trinajstić information content (AvgIpc) is 2.61. The van der Waals surface area contributed by atoms with Gasteiger partial charge in [-0.1, -0.05) is 0 Å². The molecule has 0 bridgehead atoms. The Morgan fingerprint density at radius 1 is 1.38 bits per heavy atom. The van der Waals surface area contributed by atoms with Crippen molar-refractivity contribution in [3.05, 3.63) is 16.6 Å². The molecular formula is C12H20BrN3. The largest absolute Gasteiger partial charge is 0.320 e. The Morgan fingerprint density at radius 2 is 2.00 bits per heavy atom. The minimum atomic E-state index is 0.478. The lowest BCUT2D eigenvalue weighted by molar-refractivity contribution is 0.247. The minimum Gasteiger partial charge on any atom is -0.320 e. The van der Waals surface area contributed by atoms with Gasteiger partial charge in [-0.05, 0) is 62.8 Å². The predicted molar refractivity (Wildman–Crippen MR) is 69.8 cm³/mol. The van der Waals surface area contributed by atoms with Gasteiger partial charge in [0.1, 0.15) is 10.4 Å². The Balaban J connectivity index is 2.20. The normalized spacial score (nSPS) is 19.6. The summed E-state index contributed by atoms with van der Waals surface area (Å²) in [4.78, 5) is 6.98. The van der Waals surface area contributed by atoms with Gasteiger partial charge in [0, 0.05) is 12.0 Å². The van der Waals surface area contributed by atoms with E-state index in [1.54, 1.807) is 0 Å². The van der Waals surface area contributed by atoms with Gasteiger partial charge < -0.3 is 9.47 Å². The van der Waals surface area contributed by atoms with Crippen LogP contribution in [0.15, 0.2) is 10.8 Å². The van der Waals surface area contributed by atoms with E-state index in [4.69, 9.17) is 0 Å². The van der Waals surface area contributed by atoms with Gasteiger partial charge in [-0.15, -0.1) is 0 Å². The molecule has 16 heavy (non-hydrogen) atoms. The highest BCUT2D eigenvalue weighted by molar-refractivity contribution is 9.10. The van der Waals surface area contributed by atoms with Crippen LogP contribution < -0.4 is 0 Å². The summed E-state index contributed by atoms with van der Waals surface area (Å²) in [6.45, 7) is 6.80. The van der Waals surface area contributed by atoms with Crippen molar-refractivity contribution < 1.29 is 0 Å². The second-order valence-electron chi connectivity index (χ2n) is 4.98. The van der Waals surface area contributed by atoms with E-state index in [0.717, 1.165) is 4.60 Å². The number of halogens is 1. The number of aromatic nitrogens is 2. The summed E-state index contributed by atoms with van der Waals surface area (Å²) in [7, 11) is 2.20. The SMILES string of the molecule is CC(C)n1c(Br)cnc1C1CCN(C)CC1. The van der Waals surface area contributed by atoms with Crippen molar-refractivity contribution in [2.75, 3.05) is 20.1 Å². The lowest BCUT2D eigenvalue weighted by Crippen LogP contribution is -2.30. The molecule has 1 aliphatic rings. The molecule has 1 aliphatic heterocycles. The second kappa shape index (κ2) is 4.88. The first kappa shape index (κ1) is 12.1. The molecule has 0 aromatic carbocycles. The van der Waals surface area contributed by atoms with Crippen molar-refractivity contribution in [1.29, 1.82) is 0 Å². The summed E-state index contributed by atoms with van der Waals surface area (Å²) in [5, 5.41) is 0. The van der Waals surface area contributed by atoms with Gasteiger partial charge in [-0.2, -0.15) is 0 Å². The molecule has 3 nitrogen and oxygen atoms in total. The summed E-state index contributed by atoms with van der Waals surface area (Å²) in [6.07, 6.45) is 4.40. The lowest BCUT2D eigenvalue weighted by atomic mass is 9.96. The molecule has 0 atom stereocenters. The Hall–Kier alpha value is -0.350. The topological polar surface area (TPSA) is 21.1 Å². The van der Waals surface area contributed by atoms with Crippen LogP contribution >= 0.6 is 15.9 Å². The standard InChI is InChI=1S/C12H20BrN3/c1-9(2)16-11(13)8-14-12(16)10-4-6-15(3)7-5-10/h8-10H,4-7H2,1-3H3. The van der Waals surface area contributed by atoms with Crippen LogP contribution in [0.4, 0.5) is 0 Å². The van der Waals surface area contributed by atoms with Crippen LogP contribution in [0.2, 0.25) is 0 Å². The van der Waals surface area contributed by atoms with E-state index in [0.29, 0.717) is 12.0 Å². The summed E-state index contributed by atoms with van der Waals surface area (Å²) < 4.78 is 3.42. The number of hydrogen-bond donors (Lipinski definition) is 0. The number of piperidine rings is 1. The van der Waals surface area contributed by atoms with E-state index in [9.17, 15) is 0 Å². The van der Waals surface area contributed by atoms with Crippen molar-refractivity contribution in [3.63, 3.8) is 0 Å². The van der Waals surface area contributed by atoms with E-state index in [1.807, 2.05) is 6.20 Å². The number of imidazole rings is 1. The molecule has 1 saturated heterocycles. The third kappa shape index (κ3) is 2.33. The molecular weight excluding hydrogens is 266 g/mol. The highest BCUT2D eigenvalue weighted by Crippen LogP contribution is 2.30. The molecule has 0 amide bonds. The van der Waals surface area contributed by atoms with Gasteiger partial charge >= 0.3 is 0 Å². The zero-order valence-electron chi connectivity index (χ0n) is 10.3. The Kier molecular flexibility index (Phi) is 3.70. The van der Waals surface area contributed by atoms with Crippen LogP contribution in [0.1, 0.15) is 44.5 Å². The van der Waals surface area contributed by atoms with E-state index in [2.05, 4.69) is 51.3 Å². The smallest absolute Gasteiger partial charge is 0.112 e. The van der Waals surface area contributed by atoms with E-state index >= 15 is 0 Å². The Bertz CT molecular complexity index is 351. The molecule has 0 N–H and O–H groups in total. The number of rotatable bonds is 2. The first-order chi connectivity index (χ1) is 7.59. The lowest BCUT2D eigenvalue weighted by Gasteiger charge is -2.29. The zero-order valence-corrected chi connectivity index (χ0v) is 11.9. The molecule has 1 aromatic rings. The summed E-state index contributed by atoms with van der Waals surface area (Å²) in [6, 6.07) is 0.478. The van der Waals surface area contributed by atoms with Crippen LogP contribution in [0.25, 0.3) is 0 Å². The first-order valence-corrected chi connectivity index (χ1v) is 6.80. The molecule has 1 aromatic heterocycles. The Morgan fingerprint density at radius 3 is 2.56 bits per heavy atom. The summed E-state index contributed by atoms with van der Waals surface area (Å²) in [5.74, 6) is 1.89. The van der Waals surface area contributed by atoms with Gasteiger partial charge in [0.15, 0.2) is 0 Å². The van der Waals surface area contributed by atoms with Gasteiger partial charge in [-0.25, -0.2) is 4.98 Å². The number of nitrogens with zero attached hydrogens (tertiary/aromatic N) is 3. The molecule has 2 heterocycles. The molecule has 90 valence electrons. The highest BCUT2D eigenvalue weighted by atomic mass is 79.9. The van der Waals surface area contributed by atoms with Crippen molar-refractivity contribution in [2.45, 2.75) is 38.6 Å². The molecule has 0 spiro atoms. The van der Waals surface area contributed by atoms with Gasteiger partial charge in [-0.3, -0.25) is 0 Å². The molecule has 2 rings (SSSR count).